The van der Waals surface area contributed by atoms with E-state index >= 15 is 0 Å². The average molecular weight is 347 g/mol. The minimum atomic E-state index is -3.59. The minimum Gasteiger partial charge on any atom is -0.494 e. The van der Waals surface area contributed by atoms with Gasteiger partial charge in [-0.2, -0.15) is 0 Å². The molecule has 1 heterocycles. The number of halogens is 1. The number of hydrogen-bond acceptors (Lipinski definition) is 3. The molecule has 4 nitrogen and oxygen atoms in total. The van der Waals surface area contributed by atoms with Gasteiger partial charge in [-0.1, -0.05) is 29.8 Å². The lowest BCUT2D eigenvalue weighted by atomic mass is 10.1. The van der Waals surface area contributed by atoms with Crippen molar-refractivity contribution < 1.29 is 17.5 Å². The van der Waals surface area contributed by atoms with Crippen LogP contribution in [0.25, 0.3) is 0 Å². The van der Waals surface area contributed by atoms with Gasteiger partial charge in [0.05, 0.1) is 17.6 Å². The molecule has 0 bridgehead atoms. The Morgan fingerprint density at radius 3 is 2.42 bits per heavy atom. The van der Waals surface area contributed by atoms with Crippen LogP contribution in [0.5, 0.6) is 0 Å². The van der Waals surface area contributed by atoms with E-state index < -0.39 is 10.0 Å². The highest BCUT2D eigenvalue weighted by Crippen LogP contribution is 2.22. The smallest absolute Gasteiger partial charge is 0.264 e. The van der Waals surface area contributed by atoms with Gasteiger partial charge in [-0.15, -0.1) is 0 Å². The van der Waals surface area contributed by atoms with Gasteiger partial charge in [-0.05, 0) is 36.8 Å². The first-order valence-electron chi connectivity index (χ1n) is 7.61. The molecule has 0 radical (unpaired) electrons. The SMILES string of the molecule is Cc1ccc(S(=O)(=O)N2C=C(Cc3ccc(F)cc3)OCC2)cc1. The van der Waals surface area contributed by atoms with Crippen LogP contribution in [0.2, 0.25) is 0 Å². The number of benzene rings is 2. The van der Waals surface area contributed by atoms with Crippen molar-refractivity contribution >= 4 is 10.0 Å². The van der Waals surface area contributed by atoms with E-state index in [1.54, 1.807) is 36.4 Å². The molecule has 0 saturated carbocycles. The Bertz CT molecular complexity index is 843. The molecule has 0 aromatic heterocycles. The molecule has 0 saturated heterocycles. The van der Waals surface area contributed by atoms with Crippen molar-refractivity contribution in [3.63, 3.8) is 0 Å². The van der Waals surface area contributed by atoms with Crippen molar-refractivity contribution in [3.8, 4) is 0 Å². The normalized spacial score (nSPS) is 14.9. The Balaban J connectivity index is 1.83. The molecule has 126 valence electrons. The van der Waals surface area contributed by atoms with Gasteiger partial charge in [0.15, 0.2) is 0 Å². The fourth-order valence-electron chi connectivity index (χ4n) is 2.46. The monoisotopic (exact) mass is 347 g/mol. The maximum absolute atomic E-state index is 13.0. The van der Waals surface area contributed by atoms with Gasteiger partial charge in [0.2, 0.25) is 0 Å². The standard InChI is InChI=1S/C18H18FNO3S/c1-14-2-8-18(9-3-14)24(21,22)20-10-11-23-17(13-20)12-15-4-6-16(19)7-5-15/h2-9,13H,10-12H2,1H3. The molecule has 1 aliphatic heterocycles. The molecule has 0 N–H and O–H groups in total. The third-order valence-electron chi connectivity index (χ3n) is 3.81. The maximum Gasteiger partial charge on any atom is 0.264 e. The van der Waals surface area contributed by atoms with E-state index in [1.807, 2.05) is 6.92 Å². The summed E-state index contributed by atoms with van der Waals surface area (Å²) in [7, 11) is -3.59. The summed E-state index contributed by atoms with van der Waals surface area (Å²) < 4.78 is 45.3. The molecule has 2 aromatic carbocycles. The van der Waals surface area contributed by atoms with E-state index in [0.29, 0.717) is 12.2 Å². The summed E-state index contributed by atoms with van der Waals surface area (Å²) in [5, 5.41) is 0. The topological polar surface area (TPSA) is 46.6 Å². The summed E-state index contributed by atoms with van der Waals surface area (Å²) in [6.45, 7) is 2.47. The Morgan fingerprint density at radius 1 is 1.08 bits per heavy atom. The number of sulfonamides is 1. The molecule has 0 spiro atoms. The van der Waals surface area contributed by atoms with E-state index in [0.717, 1.165) is 11.1 Å². The lowest BCUT2D eigenvalue weighted by Gasteiger charge is -2.27. The highest BCUT2D eigenvalue weighted by Gasteiger charge is 2.25. The first-order chi connectivity index (χ1) is 11.4. The molecule has 0 atom stereocenters. The van der Waals surface area contributed by atoms with Gasteiger partial charge in [-0.25, -0.2) is 12.8 Å². The summed E-state index contributed by atoms with van der Waals surface area (Å²) in [6, 6.07) is 12.8. The first kappa shape index (κ1) is 16.5. The molecule has 1 aliphatic rings. The van der Waals surface area contributed by atoms with Crippen LogP contribution in [-0.4, -0.2) is 25.9 Å². The van der Waals surface area contributed by atoms with Gasteiger partial charge < -0.3 is 4.74 Å². The molecule has 0 fully saturated rings. The van der Waals surface area contributed by atoms with Crippen LogP contribution in [0.15, 0.2) is 65.4 Å². The second-order valence-electron chi connectivity index (χ2n) is 5.68. The molecule has 3 rings (SSSR count). The molecular formula is C18H18FNO3S. The van der Waals surface area contributed by atoms with Crippen LogP contribution in [0.3, 0.4) is 0 Å². The average Bonchev–Trinajstić information content (AvgIpc) is 2.58. The Morgan fingerprint density at radius 2 is 1.75 bits per heavy atom. The molecule has 0 aliphatic carbocycles. The summed E-state index contributed by atoms with van der Waals surface area (Å²) in [6.07, 6.45) is 1.93. The van der Waals surface area contributed by atoms with Crippen LogP contribution in [0.1, 0.15) is 11.1 Å². The van der Waals surface area contributed by atoms with Gasteiger partial charge in [0.1, 0.15) is 18.2 Å². The Hall–Kier alpha value is -2.34. The number of aryl methyl sites for hydroxylation is 1. The minimum absolute atomic E-state index is 0.257. The molecule has 24 heavy (non-hydrogen) atoms. The number of allylic oxidation sites excluding steroid dienone is 1. The van der Waals surface area contributed by atoms with Crippen molar-refractivity contribution in [3.05, 3.63) is 77.4 Å². The molecule has 0 unspecified atom stereocenters. The van der Waals surface area contributed by atoms with Crippen LogP contribution < -0.4 is 0 Å². The molecule has 2 aromatic rings. The van der Waals surface area contributed by atoms with Crippen molar-refractivity contribution in [1.82, 2.24) is 4.31 Å². The highest BCUT2D eigenvalue weighted by atomic mass is 32.2. The summed E-state index contributed by atoms with van der Waals surface area (Å²) in [5.41, 5.74) is 1.86. The van der Waals surface area contributed by atoms with Crippen molar-refractivity contribution in [2.75, 3.05) is 13.2 Å². The zero-order chi connectivity index (χ0) is 17.2. The predicted molar refractivity (Wildman–Crippen MR) is 89.2 cm³/mol. The predicted octanol–water partition coefficient (Wildman–Crippen LogP) is 3.24. The fraction of sp³-hybridized carbons (Fsp3) is 0.222. The van der Waals surface area contributed by atoms with E-state index in [4.69, 9.17) is 4.74 Å². The van der Waals surface area contributed by atoms with Crippen molar-refractivity contribution in [1.29, 1.82) is 0 Å². The van der Waals surface area contributed by atoms with E-state index in [1.165, 1.54) is 22.6 Å². The fourth-order valence-corrected chi connectivity index (χ4v) is 3.79. The first-order valence-corrected chi connectivity index (χ1v) is 9.05. The second-order valence-corrected chi connectivity index (χ2v) is 7.57. The van der Waals surface area contributed by atoms with Crippen molar-refractivity contribution in [2.24, 2.45) is 0 Å². The zero-order valence-corrected chi connectivity index (χ0v) is 14.1. The molecular weight excluding hydrogens is 329 g/mol. The highest BCUT2D eigenvalue weighted by molar-refractivity contribution is 7.89. The number of ether oxygens (including phenoxy) is 1. The van der Waals surface area contributed by atoms with Crippen LogP contribution in [-0.2, 0) is 21.2 Å². The van der Waals surface area contributed by atoms with Crippen LogP contribution >= 0.6 is 0 Å². The van der Waals surface area contributed by atoms with Gasteiger partial charge >= 0.3 is 0 Å². The number of nitrogens with zero attached hydrogens (tertiary/aromatic N) is 1. The number of rotatable bonds is 4. The van der Waals surface area contributed by atoms with Crippen molar-refractivity contribution in [2.45, 2.75) is 18.2 Å². The summed E-state index contributed by atoms with van der Waals surface area (Å²) in [5.74, 6) is 0.240. The Kier molecular flexibility index (Phi) is 4.57. The third kappa shape index (κ3) is 3.59. The van der Waals surface area contributed by atoms with Crippen LogP contribution in [0.4, 0.5) is 4.39 Å². The van der Waals surface area contributed by atoms with E-state index in [2.05, 4.69) is 0 Å². The maximum atomic E-state index is 13.0. The van der Waals surface area contributed by atoms with E-state index in [-0.39, 0.29) is 23.9 Å². The van der Waals surface area contributed by atoms with Gasteiger partial charge in [0, 0.05) is 6.42 Å². The summed E-state index contributed by atoms with van der Waals surface area (Å²) in [4.78, 5) is 0.257. The van der Waals surface area contributed by atoms with Gasteiger partial charge in [-0.3, -0.25) is 4.31 Å². The second kappa shape index (κ2) is 6.65. The molecule has 6 heteroatoms. The quantitative estimate of drug-likeness (QED) is 0.853. The van der Waals surface area contributed by atoms with E-state index in [9.17, 15) is 12.8 Å². The summed E-state index contributed by atoms with van der Waals surface area (Å²) >= 11 is 0. The lowest BCUT2D eigenvalue weighted by Crippen LogP contribution is -2.33. The lowest BCUT2D eigenvalue weighted by molar-refractivity contribution is 0.168. The third-order valence-corrected chi connectivity index (χ3v) is 5.58. The van der Waals surface area contributed by atoms with Gasteiger partial charge in [0.25, 0.3) is 10.0 Å². The molecule has 0 amide bonds. The van der Waals surface area contributed by atoms with Crippen LogP contribution in [0, 0.1) is 12.7 Å². The largest absolute Gasteiger partial charge is 0.494 e. The zero-order valence-electron chi connectivity index (χ0n) is 13.3. The number of hydrogen-bond donors (Lipinski definition) is 0. The Labute approximate surface area is 141 Å².